The molecule has 3 nitrogen and oxygen atoms in total. The van der Waals surface area contributed by atoms with E-state index < -0.39 is 0 Å². The fraction of sp³-hybridized carbons (Fsp3) is 0.500. The Hall–Kier alpha value is -0.840. The molecule has 1 rings (SSSR count). The molecule has 0 unspecified atom stereocenters. The van der Waals surface area contributed by atoms with Crippen LogP contribution in [0.1, 0.15) is 13.8 Å². The molecule has 0 radical (unpaired) electrons. The van der Waals surface area contributed by atoms with Crippen molar-refractivity contribution in [2.75, 3.05) is 25.1 Å². The number of anilines is 1. The molecule has 0 saturated heterocycles. The smallest absolute Gasteiger partial charge is 0.174 e. The Bertz CT molecular complexity index is 323. The fourth-order valence-electron chi connectivity index (χ4n) is 1.39. The van der Waals surface area contributed by atoms with E-state index in [2.05, 4.69) is 5.32 Å². The minimum Gasteiger partial charge on any atom is -0.380 e. The van der Waals surface area contributed by atoms with Gasteiger partial charge in [0, 0.05) is 23.9 Å². The van der Waals surface area contributed by atoms with Gasteiger partial charge in [-0.15, -0.1) is 0 Å². The Morgan fingerprint density at radius 3 is 2.41 bits per heavy atom. The summed E-state index contributed by atoms with van der Waals surface area (Å²) in [5, 5.41) is 3.38. The van der Waals surface area contributed by atoms with Gasteiger partial charge in [-0.25, -0.2) is 4.39 Å². The lowest BCUT2D eigenvalue weighted by atomic mass is 10.3. The van der Waals surface area contributed by atoms with Gasteiger partial charge in [0.25, 0.3) is 0 Å². The first-order valence-electron chi connectivity index (χ1n) is 5.58. The summed E-state index contributed by atoms with van der Waals surface area (Å²) in [6.45, 7) is 5.37. The van der Waals surface area contributed by atoms with E-state index in [9.17, 15) is 4.39 Å². The van der Waals surface area contributed by atoms with Gasteiger partial charge >= 0.3 is 0 Å². The molecular formula is C12H17ClFNO2. The molecule has 1 N–H and O–H groups in total. The highest BCUT2D eigenvalue weighted by Crippen LogP contribution is 2.18. The van der Waals surface area contributed by atoms with Crippen molar-refractivity contribution in [3.05, 3.63) is 29.0 Å². The molecule has 5 heteroatoms. The van der Waals surface area contributed by atoms with E-state index in [0.29, 0.717) is 30.5 Å². The lowest BCUT2D eigenvalue weighted by Gasteiger charge is -2.18. The van der Waals surface area contributed by atoms with Crippen LogP contribution in [0, 0.1) is 5.82 Å². The first-order chi connectivity index (χ1) is 8.15. The Kier molecular flexibility index (Phi) is 6.26. The van der Waals surface area contributed by atoms with E-state index in [1.165, 1.54) is 12.1 Å². The number of hydrogen-bond acceptors (Lipinski definition) is 3. The maximum Gasteiger partial charge on any atom is 0.174 e. The van der Waals surface area contributed by atoms with Gasteiger partial charge in [-0.3, -0.25) is 0 Å². The van der Waals surface area contributed by atoms with Gasteiger partial charge in [-0.2, -0.15) is 0 Å². The third kappa shape index (κ3) is 5.35. The molecule has 0 heterocycles. The second-order valence-corrected chi connectivity index (χ2v) is 3.82. The second-order valence-electron chi connectivity index (χ2n) is 3.38. The lowest BCUT2D eigenvalue weighted by Crippen LogP contribution is -2.26. The summed E-state index contributed by atoms with van der Waals surface area (Å²) in [4.78, 5) is 0. The molecule has 1 aromatic carbocycles. The number of nitrogens with one attached hydrogen (secondary N) is 1. The monoisotopic (exact) mass is 261 g/mol. The highest BCUT2D eigenvalue weighted by atomic mass is 35.5. The van der Waals surface area contributed by atoms with E-state index in [0.717, 1.165) is 0 Å². The summed E-state index contributed by atoms with van der Waals surface area (Å²) in [5.41, 5.74) is 0.611. The SMILES string of the molecule is CCOC(CNc1cc(F)cc(Cl)c1)OCC. The summed E-state index contributed by atoms with van der Waals surface area (Å²) in [5.74, 6) is -0.371. The van der Waals surface area contributed by atoms with E-state index in [-0.39, 0.29) is 12.1 Å². The number of hydrogen-bond donors (Lipinski definition) is 1. The average Bonchev–Trinajstić information content (AvgIpc) is 2.25. The van der Waals surface area contributed by atoms with Crippen LogP contribution in [0.25, 0.3) is 0 Å². The second kappa shape index (κ2) is 7.48. The molecule has 0 bridgehead atoms. The molecular weight excluding hydrogens is 245 g/mol. The number of rotatable bonds is 7. The van der Waals surface area contributed by atoms with Crippen molar-refractivity contribution in [3.63, 3.8) is 0 Å². The number of benzene rings is 1. The van der Waals surface area contributed by atoms with Crippen molar-refractivity contribution < 1.29 is 13.9 Å². The quantitative estimate of drug-likeness (QED) is 0.764. The van der Waals surface area contributed by atoms with Gasteiger partial charge in [0.2, 0.25) is 0 Å². The van der Waals surface area contributed by atoms with Crippen LogP contribution in [0.3, 0.4) is 0 Å². The van der Waals surface area contributed by atoms with Gasteiger partial charge in [0.05, 0.1) is 6.54 Å². The van der Waals surface area contributed by atoms with E-state index in [4.69, 9.17) is 21.1 Å². The van der Waals surface area contributed by atoms with Crippen LogP contribution in [0.4, 0.5) is 10.1 Å². The number of ether oxygens (including phenoxy) is 2. The van der Waals surface area contributed by atoms with E-state index >= 15 is 0 Å². The topological polar surface area (TPSA) is 30.5 Å². The number of halogens is 2. The molecule has 96 valence electrons. The lowest BCUT2D eigenvalue weighted by molar-refractivity contribution is -0.126. The zero-order valence-corrected chi connectivity index (χ0v) is 10.8. The van der Waals surface area contributed by atoms with Crippen molar-refractivity contribution in [2.45, 2.75) is 20.1 Å². The molecule has 0 amide bonds. The first kappa shape index (κ1) is 14.2. The molecule has 1 aromatic rings. The van der Waals surface area contributed by atoms with Crippen LogP contribution in [0.15, 0.2) is 18.2 Å². The molecule has 0 spiro atoms. The Labute approximate surface area is 106 Å². The highest BCUT2D eigenvalue weighted by molar-refractivity contribution is 6.30. The fourth-order valence-corrected chi connectivity index (χ4v) is 1.62. The molecule has 17 heavy (non-hydrogen) atoms. The molecule has 0 aliphatic carbocycles. The predicted octanol–water partition coefficient (Wildman–Crippen LogP) is 3.29. The predicted molar refractivity (Wildman–Crippen MR) is 66.9 cm³/mol. The van der Waals surface area contributed by atoms with Crippen LogP contribution < -0.4 is 5.32 Å². The highest BCUT2D eigenvalue weighted by Gasteiger charge is 2.07. The van der Waals surface area contributed by atoms with Crippen LogP contribution in [0.5, 0.6) is 0 Å². The van der Waals surface area contributed by atoms with E-state index in [1.807, 2.05) is 13.8 Å². The van der Waals surface area contributed by atoms with Crippen LogP contribution in [-0.4, -0.2) is 26.0 Å². The molecule has 0 aromatic heterocycles. The average molecular weight is 262 g/mol. The van der Waals surface area contributed by atoms with Crippen molar-refractivity contribution >= 4 is 17.3 Å². The summed E-state index contributed by atoms with van der Waals surface area (Å²) >= 11 is 5.75. The normalized spacial score (nSPS) is 10.9. The van der Waals surface area contributed by atoms with Gasteiger partial charge in [-0.1, -0.05) is 11.6 Å². The minimum atomic E-state index is -0.371. The third-order valence-electron chi connectivity index (χ3n) is 2.04. The zero-order valence-electron chi connectivity index (χ0n) is 10.0. The Morgan fingerprint density at radius 2 is 1.88 bits per heavy atom. The maximum atomic E-state index is 13.1. The summed E-state index contributed by atoms with van der Waals surface area (Å²) in [6.07, 6.45) is -0.341. The first-order valence-corrected chi connectivity index (χ1v) is 5.96. The summed E-state index contributed by atoms with van der Waals surface area (Å²) in [7, 11) is 0. The molecule has 0 aliphatic heterocycles. The Balaban J connectivity index is 2.52. The zero-order chi connectivity index (χ0) is 12.7. The van der Waals surface area contributed by atoms with E-state index in [1.54, 1.807) is 6.07 Å². The molecule has 0 fully saturated rings. The van der Waals surface area contributed by atoms with Gasteiger partial charge < -0.3 is 14.8 Å². The minimum absolute atomic E-state index is 0.341. The van der Waals surface area contributed by atoms with Crippen molar-refractivity contribution in [1.82, 2.24) is 0 Å². The summed E-state index contributed by atoms with van der Waals surface area (Å²) in [6, 6.07) is 4.29. The van der Waals surface area contributed by atoms with Crippen molar-refractivity contribution in [2.24, 2.45) is 0 Å². The van der Waals surface area contributed by atoms with Crippen molar-refractivity contribution in [1.29, 1.82) is 0 Å². The van der Waals surface area contributed by atoms with Crippen LogP contribution >= 0.6 is 11.6 Å². The van der Waals surface area contributed by atoms with Crippen LogP contribution in [0.2, 0.25) is 5.02 Å². The maximum absolute atomic E-state index is 13.1. The van der Waals surface area contributed by atoms with Gasteiger partial charge in [-0.05, 0) is 32.0 Å². The Morgan fingerprint density at radius 1 is 1.24 bits per heavy atom. The van der Waals surface area contributed by atoms with Crippen molar-refractivity contribution in [3.8, 4) is 0 Å². The summed E-state index contributed by atoms with van der Waals surface area (Å²) < 4.78 is 23.8. The standard InChI is InChI=1S/C12H17ClFNO2/c1-3-16-12(17-4-2)8-15-11-6-9(13)5-10(14)7-11/h5-7,12,15H,3-4,8H2,1-2H3. The van der Waals surface area contributed by atoms with Crippen LogP contribution in [-0.2, 0) is 9.47 Å². The molecule has 0 atom stereocenters. The van der Waals surface area contributed by atoms with Gasteiger partial charge in [0.15, 0.2) is 6.29 Å². The molecule has 0 aliphatic rings. The third-order valence-corrected chi connectivity index (χ3v) is 2.26. The largest absolute Gasteiger partial charge is 0.380 e. The molecule has 0 saturated carbocycles. The van der Waals surface area contributed by atoms with Gasteiger partial charge in [0.1, 0.15) is 5.82 Å².